The molecule has 0 atom stereocenters. The average molecular weight is 355 g/mol. The quantitative estimate of drug-likeness (QED) is 0.765. The van der Waals surface area contributed by atoms with Crippen LogP contribution in [0.25, 0.3) is 0 Å². The minimum atomic E-state index is 0.178. The molecule has 20 heavy (non-hydrogen) atoms. The second-order valence-electron chi connectivity index (χ2n) is 4.79. The Bertz CT molecular complexity index is 586. The molecular weight excluding hydrogens is 338 g/mol. The number of anilines is 1. The maximum absolute atomic E-state index is 6.15. The zero-order valence-corrected chi connectivity index (χ0v) is 13.8. The molecule has 0 unspecified atom stereocenters. The average Bonchev–Trinajstić information content (AvgIpc) is 2.39. The van der Waals surface area contributed by atoms with Crippen LogP contribution < -0.4 is 10.1 Å². The number of ether oxygens (including phenoxy) is 1. The fraction of sp³-hybridized carbons (Fsp3) is 0.250. The van der Waals surface area contributed by atoms with Crippen LogP contribution in [0.3, 0.4) is 0 Å². The molecule has 0 radical (unpaired) electrons. The molecule has 0 saturated heterocycles. The van der Waals surface area contributed by atoms with Gasteiger partial charge in [-0.25, -0.2) is 0 Å². The first-order valence-electron chi connectivity index (χ1n) is 6.49. The monoisotopic (exact) mass is 353 g/mol. The Kier molecular flexibility index (Phi) is 5.32. The molecule has 0 aromatic heterocycles. The number of hydrogen-bond donors (Lipinski definition) is 1. The van der Waals surface area contributed by atoms with Crippen LogP contribution in [0, 0.1) is 0 Å². The van der Waals surface area contributed by atoms with Crippen molar-refractivity contribution in [3.05, 3.63) is 57.5 Å². The fourth-order valence-corrected chi connectivity index (χ4v) is 2.38. The van der Waals surface area contributed by atoms with Crippen molar-refractivity contribution in [2.75, 3.05) is 5.32 Å². The summed E-state index contributed by atoms with van der Waals surface area (Å²) in [5.74, 6) is 0.889. The van der Waals surface area contributed by atoms with Crippen molar-refractivity contribution in [1.29, 1.82) is 0 Å². The Hall–Kier alpha value is -1.19. The summed E-state index contributed by atoms with van der Waals surface area (Å²) in [7, 11) is 0. The summed E-state index contributed by atoms with van der Waals surface area (Å²) in [5, 5.41) is 4.04. The van der Waals surface area contributed by atoms with E-state index in [9.17, 15) is 0 Å². The molecule has 1 N–H and O–H groups in total. The van der Waals surface area contributed by atoms with Gasteiger partial charge in [-0.05, 0) is 49.7 Å². The Morgan fingerprint density at radius 3 is 2.75 bits per heavy atom. The third-order valence-electron chi connectivity index (χ3n) is 2.68. The molecule has 0 spiro atoms. The van der Waals surface area contributed by atoms with Crippen molar-refractivity contribution >= 4 is 33.2 Å². The topological polar surface area (TPSA) is 21.3 Å². The first-order chi connectivity index (χ1) is 9.54. The van der Waals surface area contributed by atoms with E-state index in [1.165, 1.54) is 0 Å². The van der Waals surface area contributed by atoms with Gasteiger partial charge in [0.05, 0.1) is 16.8 Å². The van der Waals surface area contributed by atoms with Crippen molar-refractivity contribution in [2.45, 2.75) is 26.5 Å². The Morgan fingerprint density at radius 2 is 2.00 bits per heavy atom. The van der Waals surface area contributed by atoms with Crippen LogP contribution in [0.4, 0.5) is 5.69 Å². The lowest BCUT2D eigenvalue weighted by atomic mass is 10.2. The second-order valence-corrected chi connectivity index (χ2v) is 6.11. The van der Waals surface area contributed by atoms with E-state index in [4.69, 9.17) is 16.3 Å². The van der Waals surface area contributed by atoms with Crippen molar-refractivity contribution in [2.24, 2.45) is 0 Å². The van der Waals surface area contributed by atoms with E-state index >= 15 is 0 Å². The molecular formula is C16H17BrClNO. The van der Waals surface area contributed by atoms with Crippen molar-refractivity contribution < 1.29 is 4.74 Å². The summed E-state index contributed by atoms with van der Waals surface area (Å²) < 4.78 is 6.69. The first-order valence-corrected chi connectivity index (χ1v) is 7.66. The Balaban J connectivity index is 2.05. The van der Waals surface area contributed by atoms with Gasteiger partial charge in [0.1, 0.15) is 5.75 Å². The van der Waals surface area contributed by atoms with Crippen LogP contribution in [0.5, 0.6) is 5.75 Å². The highest BCUT2D eigenvalue weighted by atomic mass is 79.9. The lowest BCUT2D eigenvalue weighted by Crippen LogP contribution is -2.06. The predicted octanol–water partition coefficient (Wildman–Crippen LogP) is 5.50. The molecule has 0 bridgehead atoms. The van der Waals surface area contributed by atoms with Crippen LogP contribution in [-0.4, -0.2) is 6.10 Å². The zero-order valence-electron chi connectivity index (χ0n) is 11.5. The van der Waals surface area contributed by atoms with E-state index in [1.54, 1.807) is 0 Å². The van der Waals surface area contributed by atoms with E-state index in [1.807, 2.05) is 50.2 Å². The smallest absolute Gasteiger partial charge is 0.120 e. The maximum atomic E-state index is 6.15. The Morgan fingerprint density at radius 1 is 1.20 bits per heavy atom. The molecule has 4 heteroatoms. The second kappa shape index (κ2) is 7.00. The van der Waals surface area contributed by atoms with E-state index in [0.717, 1.165) is 21.5 Å². The molecule has 0 heterocycles. The van der Waals surface area contributed by atoms with Gasteiger partial charge in [0, 0.05) is 11.0 Å². The van der Waals surface area contributed by atoms with E-state index in [2.05, 4.69) is 27.3 Å². The van der Waals surface area contributed by atoms with Crippen LogP contribution in [0.2, 0.25) is 5.02 Å². The molecule has 2 nitrogen and oxygen atoms in total. The number of benzene rings is 2. The summed E-state index contributed by atoms with van der Waals surface area (Å²) in [6.07, 6.45) is 0.178. The fourth-order valence-electron chi connectivity index (χ4n) is 1.83. The lowest BCUT2D eigenvalue weighted by molar-refractivity contribution is 0.242. The van der Waals surface area contributed by atoms with Crippen molar-refractivity contribution in [3.8, 4) is 5.75 Å². The van der Waals surface area contributed by atoms with E-state index in [-0.39, 0.29) is 6.10 Å². The third kappa shape index (κ3) is 4.43. The molecule has 2 aromatic rings. The van der Waals surface area contributed by atoms with Gasteiger partial charge in [-0.15, -0.1) is 0 Å². The van der Waals surface area contributed by atoms with Gasteiger partial charge in [0.15, 0.2) is 0 Å². The van der Waals surface area contributed by atoms with Gasteiger partial charge >= 0.3 is 0 Å². The first kappa shape index (κ1) is 15.2. The zero-order chi connectivity index (χ0) is 14.5. The summed E-state index contributed by atoms with van der Waals surface area (Å²) in [5.41, 5.74) is 2.07. The Labute approximate surface area is 133 Å². The van der Waals surface area contributed by atoms with Crippen LogP contribution in [-0.2, 0) is 6.54 Å². The van der Waals surface area contributed by atoms with Crippen LogP contribution in [0.15, 0.2) is 46.9 Å². The molecule has 106 valence electrons. The number of halogens is 2. The number of nitrogens with one attached hydrogen (secondary N) is 1. The van der Waals surface area contributed by atoms with E-state index in [0.29, 0.717) is 11.6 Å². The largest absolute Gasteiger partial charge is 0.491 e. The van der Waals surface area contributed by atoms with Gasteiger partial charge in [-0.1, -0.05) is 39.7 Å². The van der Waals surface area contributed by atoms with Crippen molar-refractivity contribution in [1.82, 2.24) is 0 Å². The van der Waals surface area contributed by atoms with Gasteiger partial charge in [-0.2, -0.15) is 0 Å². The third-order valence-corrected chi connectivity index (χ3v) is 3.50. The lowest BCUT2D eigenvalue weighted by Gasteiger charge is -2.12. The SMILES string of the molecule is CC(C)Oc1cccc(CNc2cc(Br)ccc2Cl)c1. The van der Waals surface area contributed by atoms with Gasteiger partial charge in [0.25, 0.3) is 0 Å². The molecule has 0 aliphatic carbocycles. The van der Waals surface area contributed by atoms with Gasteiger partial charge in [0.2, 0.25) is 0 Å². The molecule has 0 aliphatic heterocycles. The minimum absolute atomic E-state index is 0.178. The van der Waals surface area contributed by atoms with E-state index < -0.39 is 0 Å². The molecule has 0 amide bonds. The molecule has 2 rings (SSSR count). The molecule has 0 saturated carbocycles. The van der Waals surface area contributed by atoms with Crippen LogP contribution >= 0.6 is 27.5 Å². The van der Waals surface area contributed by atoms with Crippen molar-refractivity contribution in [3.63, 3.8) is 0 Å². The number of rotatable bonds is 5. The summed E-state index contributed by atoms with van der Waals surface area (Å²) in [4.78, 5) is 0. The highest BCUT2D eigenvalue weighted by Gasteiger charge is 2.03. The molecule has 0 aliphatic rings. The highest BCUT2D eigenvalue weighted by Crippen LogP contribution is 2.26. The standard InChI is InChI=1S/C16H17BrClNO/c1-11(2)20-14-5-3-4-12(8-14)10-19-16-9-13(17)6-7-15(16)18/h3-9,11,19H,10H2,1-2H3. The summed E-state index contributed by atoms with van der Waals surface area (Å²) in [6, 6.07) is 13.8. The van der Waals surface area contributed by atoms with Gasteiger partial charge in [-0.3, -0.25) is 0 Å². The van der Waals surface area contributed by atoms with Gasteiger partial charge < -0.3 is 10.1 Å². The molecule has 0 fully saturated rings. The maximum Gasteiger partial charge on any atom is 0.120 e. The highest BCUT2D eigenvalue weighted by molar-refractivity contribution is 9.10. The summed E-state index contributed by atoms with van der Waals surface area (Å²) >= 11 is 9.60. The normalized spacial score (nSPS) is 10.7. The minimum Gasteiger partial charge on any atom is -0.491 e. The number of hydrogen-bond acceptors (Lipinski definition) is 2. The predicted molar refractivity (Wildman–Crippen MR) is 88.7 cm³/mol. The summed E-state index contributed by atoms with van der Waals surface area (Å²) in [6.45, 7) is 4.74. The molecule has 2 aromatic carbocycles. The van der Waals surface area contributed by atoms with Crippen LogP contribution in [0.1, 0.15) is 19.4 Å².